The number of hydrogen-bond acceptors (Lipinski definition) is 4. The first-order chi connectivity index (χ1) is 12.1. The highest BCUT2D eigenvalue weighted by Crippen LogP contribution is 2.28. The number of para-hydroxylation sites is 1. The van der Waals surface area contributed by atoms with Gasteiger partial charge < -0.3 is 14.5 Å². The van der Waals surface area contributed by atoms with Crippen molar-refractivity contribution in [1.29, 1.82) is 0 Å². The summed E-state index contributed by atoms with van der Waals surface area (Å²) >= 11 is 0. The molecule has 2 fully saturated rings. The Hall–Kier alpha value is -2.34. The minimum atomic E-state index is 0.111. The van der Waals surface area contributed by atoms with Crippen molar-refractivity contribution in [2.75, 3.05) is 44.3 Å². The van der Waals surface area contributed by atoms with Crippen LogP contribution in [0.15, 0.2) is 30.3 Å². The van der Waals surface area contributed by atoms with E-state index in [1.54, 1.807) is 0 Å². The summed E-state index contributed by atoms with van der Waals surface area (Å²) in [5.41, 5.74) is 3.99. The summed E-state index contributed by atoms with van der Waals surface area (Å²) in [6, 6.07) is 10.3. The highest BCUT2D eigenvalue weighted by molar-refractivity contribution is 6.00. The zero-order valence-corrected chi connectivity index (χ0v) is 14.8. The van der Waals surface area contributed by atoms with E-state index >= 15 is 0 Å². The van der Waals surface area contributed by atoms with Crippen molar-refractivity contribution in [1.82, 2.24) is 14.7 Å². The molecule has 0 bridgehead atoms. The van der Waals surface area contributed by atoms with Crippen LogP contribution in [-0.2, 0) is 4.74 Å². The lowest BCUT2D eigenvalue weighted by atomic mass is 10.0. The molecule has 6 nitrogen and oxygen atoms in total. The van der Waals surface area contributed by atoms with Crippen LogP contribution in [0.2, 0.25) is 0 Å². The maximum Gasteiger partial charge on any atom is 0.256 e. The summed E-state index contributed by atoms with van der Waals surface area (Å²) in [6.45, 7) is 8.61. The molecule has 3 heterocycles. The molecule has 0 unspecified atom stereocenters. The van der Waals surface area contributed by atoms with Gasteiger partial charge in [0.1, 0.15) is 0 Å². The van der Waals surface area contributed by atoms with E-state index in [0.29, 0.717) is 13.2 Å². The van der Waals surface area contributed by atoms with E-state index in [1.807, 2.05) is 40.8 Å². The lowest BCUT2D eigenvalue weighted by Crippen LogP contribution is -2.51. The van der Waals surface area contributed by atoms with Crippen LogP contribution in [0.3, 0.4) is 0 Å². The Bertz CT molecular complexity index is 773. The molecule has 0 aliphatic carbocycles. The van der Waals surface area contributed by atoms with Gasteiger partial charge in [0.25, 0.3) is 5.91 Å². The van der Waals surface area contributed by atoms with Gasteiger partial charge in [-0.05, 0) is 32.0 Å². The number of nitrogens with zero attached hydrogens (tertiary/aromatic N) is 4. The van der Waals surface area contributed by atoms with Gasteiger partial charge in [-0.3, -0.25) is 9.48 Å². The molecular formula is C19H24N4O2. The van der Waals surface area contributed by atoms with Crippen LogP contribution in [0.1, 0.15) is 27.8 Å². The zero-order valence-electron chi connectivity index (χ0n) is 14.8. The molecule has 25 heavy (non-hydrogen) atoms. The smallest absolute Gasteiger partial charge is 0.256 e. The van der Waals surface area contributed by atoms with E-state index < -0.39 is 0 Å². The van der Waals surface area contributed by atoms with Crippen molar-refractivity contribution in [3.8, 4) is 0 Å². The SMILES string of the molecule is Cc1cc(C)n(C2CN(C(=O)c3ccccc3N3CCOCC3)C2)n1. The Morgan fingerprint density at radius 1 is 1.16 bits per heavy atom. The van der Waals surface area contributed by atoms with Gasteiger partial charge in [-0.15, -0.1) is 0 Å². The second-order valence-electron chi connectivity index (χ2n) is 6.85. The molecule has 2 aliphatic rings. The van der Waals surface area contributed by atoms with Gasteiger partial charge in [-0.25, -0.2) is 0 Å². The molecule has 0 saturated carbocycles. The van der Waals surface area contributed by atoms with Gasteiger partial charge in [-0.2, -0.15) is 5.10 Å². The van der Waals surface area contributed by atoms with Crippen molar-refractivity contribution in [3.05, 3.63) is 47.3 Å². The molecule has 1 amide bonds. The van der Waals surface area contributed by atoms with Gasteiger partial charge >= 0.3 is 0 Å². The minimum absolute atomic E-state index is 0.111. The molecule has 6 heteroatoms. The first-order valence-corrected chi connectivity index (χ1v) is 8.87. The zero-order chi connectivity index (χ0) is 17.4. The van der Waals surface area contributed by atoms with E-state index in [0.717, 1.165) is 48.8 Å². The number of hydrogen-bond donors (Lipinski definition) is 0. The maximum atomic E-state index is 13.0. The average Bonchev–Trinajstić information content (AvgIpc) is 2.92. The van der Waals surface area contributed by atoms with Crippen molar-refractivity contribution < 1.29 is 9.53 Å². The number of amides is 1. The topological polar surface area (TPSA) is 50.6 Å². The molecular weight excluding hydrogens is 316 g/mol. The number of anilines is 1. The first-order valence-electron chi connectivity index (χ1n) is 8.87. The van der Waals surface area contributed by atoms with Crippen LogP contribution in [0.5, 0.6) is 0 Å². The van der Waals surface area contributed by atoms with Crippen LogP contribution in [0.4, 0.5) is 5.69 Å². The van der Waals surface area contributed by atoms with Crippen LogP contribution in [-0.4, -0.2) is 60.0 Å². The molecule has 0 atom stereocenters. The van der Waals surface area contributed by atoms with Crippen LogP contribution in [0.25, 0.3) is 0 Å². The van der Waals surface area contributed by atoms with Crippen molar-refractivity contribution in [3.63, 3.8) is 0 Å². The average molecular weight is 340 g/mol. The second kappa shape index (κ2) is 6.52. The first kappa shape index (κ1) is 16.1. The van der Waals surface area contributed by atoms with Crippen molar-refractivity contribution in [2.24, 2.45) is 0 Å². The summed E-state index contributed by atoms with van der Waals surface area (Å²) in [6.07, 6.45) is 0. The summed E-state index contributed by atoms with van der Waals surface area (Å²) in [5.74, 6) is 0.111. The fourth-order valence-electron chi connectivity index (χ4n) is 3.70. The predicted molar refractivity (Wildman–Crippen MR) is 96.1 cm³/mol. The second-order valence-corrected chi connectivity index (χ2v) is 6.85. The molecule has 2 saturated heterocycles. The lowest BCUT2D eigenvalue weighted by Gasteiger charge is -2.40. The van der Waals surface area contributed by atoms with E-state index in [9.17, 15) is 4.79 Å². The third-order valence-corrected chi connectivity index (χ3v) is 5.03. The normalized spacial score (nSPS) is 18.3. The molecule has 1 aromatic heterocycles. The van der Waals surface area contributed by atoms with Gasteiger partial charge in [0.15, 0.2) is 0 Å². The van der Waals surface area contributed by atoms with E-state index in [1.165, 1.54) is 0 Å². The summed E-state index contributed by atoms with van der Waals surface area (Å²) in [4.78, 5) is 17.2. The maximum absolute atomic E-state index is 13.0. The van der Waals surface area contributed by atoms with E-state index in [2.05, 4.69) is 23.0 Å². The van der Waals surface area contributed by atoms with Crippen LogP contribution in [0, 0.1) is 13.8 Å². The number of morpholine rings is 1. The number of aryl methyl sites for hydroxylation is 2. The fourth-order valence-corrected chi connectivity index (χ4v) is 3.70. The molecule has 2 aliphatic heterocycles. The highest BCUT2D eigenvalue weighted by atomic mass is 16.5. The summed E-state index contributed by atoms with van der Waals surface area (Å²) < 4.78 is 7.48. The number of carbonyl (C=O) groups is 1. The van der Waals surface area contributed by atoms with Gasteiger partial charge in [0.05, 0.1) is 30.5 Å². The quantitative estimate of drug-likeness (QED) is 0.858. The number of likely N-dealkylation sites (tertiary alicyclic amines) is 1. The van der Waals surface area contributed by atoms with E-state index in [-0.39, 0.29) is 11.9 Å². The number of rotatable bonds is 3. The molecule has 0 spiro atoms. The Morgan fingerprint density at radius 3 is 2.56 bits per heavy atom. The standard InChI is InChI=1S/C19H24N4O2/c1-14-11-15(2)23(20-14)16-12-22(13-16)19(24)17-5-3-4-6-18(17)21-7-9-25-10-8-21/h3-6,11,16H,7-10,12-13H2,1-2H3. The molecule has 0 radical (unpaired) electrons. The minimum Gasteiger partial charge on any atom is -0.378 e. The monoisotopic (exact) mass is 340 g/mol. The number of aromatic nitrogens is 2. The predicted octanol–water partition coefficient (Wildman–Crippen LogP) is 2.03. The molecule has 132 valence electrons. The lowest BCUT2D eigenvalue weighted by molar-refractivity contribution is 0.0497. The summed E-state index contributed by atoms with van der Waals surface area (Å²) in [5, 5.41) is 4.55. The summed E-state index contributed by atoms with van der Waals surface area (Å²) in [7, 11) is 0. The molecule has 4 rings (SSSR count). The Balaban J connectivity index is 1.48. The fraction of sp³-hybridized carbons (Fsp3) is 0.474. The highest BCUT2D eigenvalue weighted by Gasteiger charge is 2.35. The van der Waals surface area contributed by atoms with Crippen LogP contribution >= 0.6 is 0 Å². The third-order valence-electron chi connectivity index (χ3n) is 5.03. The van der Waals surface area contributed by atoms with Crippen LogP contribution < -0.4 is 4.90 Å². The van der Waals surface area contributed by atoms with Crippen molar-refractivity contribution in [2.45, 2.75) is 19.9 Å². The molecule has 1 aromatic carbocycles. The number of benzene rings is 1. The Morgan fingerprint density at radius 2 is 1.88 bits per heavy atom. The molecule has 0 N–H and O–H groups in total. The largest absolute Gasteiger partial charge is 0.378 e. The van der Waals surface area contributed by atoms with Gasteiger partial charge in [0, 0.05) is 37.6 Å². The number of carbonyl (C=O) groups excluding carboxylic acids is 1. The number of ether oxygens (including phenoxy) is 1. The Labute approximate surface area is 148 Å². The third kappa shape index (κ3) is 3.02. The van der Waals surface area contributed by atoms with Gasteiger partial charge in [0.2, 0.25) is 0 Å². The van der Waals surface area contributed by atoms with Crippen molar-refractivity contribution >= 4 is 11.6 Å². The Kier molecular flexibility index (Phi) is 4.21. The van der Waals surface area contributed by atoms with E-state index in [4.69, 9.17) is 4.74 Å². The van der Waals surface area contributed by atoms with Gasteiger partial charge in [-0.1, -0.05) is 12.1 Å². The molecule has 2 aromatic rings.